The molecule has 2 fully saturated rings. The van der Waals surface area contributed by atoms with Crippen LogP contribution in [0.15, 0.2) is 24.3 Å². The van der Waals surface area contributed by atoms with E-state index in [1.54, 1.807) is 0 Å². The zero-order valence-electron chi connectivity index (χ0n) is 16.3. The van der Waals surface area contributed by atoms with Gasteiger partial charge in [0.25, 0.3) is 5.91 Å². The molecule has 1 atom stereocenters. The van der Waals surface area contributed by atoms with Gasteiger partial charge in [0, 0.05) is 25.4 Å². The molecule has 4 amide bonds. The van der Waals surface area contributed by atoms with Gasteiger partial charge in [-0.15, -0.1) is 0 Å². The van der Waals surface area contributed by atoms with Crippen LogP contribution in [0.5, 0.6) is 0 Å². The molecule has 1 spiro atoms. The summed E-state index contributed by atoms with van der Waals surface area (Å²) >= 11 is 0. The first-order valence-corrected chi connectivity index (χ1v) is 10.6. The summed E-state index contributed by atoms with van der Waals surface area (Å²) in [5.74, 6) is 0.266. The first kappa shape index (κ1) is 19.0. The minimum atomic E-state index is -0.659. The van der Waals surface area contributed by atoms with Crippen molar-refractivity contribution >= 4 is 17.8 Å². The highest BCUT2D eigenvalue weighted by Gasteiger charge is 2.52. The van der Waals surface area contributed by atoms with Crippen LogP contribution < -0.4 is 10.6 Å². The van der Waals surface area contributed by atoms with Crippen LogP contribution in [0.2, 0.25) is 0 Å². The molecule has 1 aliphatic heterocycles. The van der Waals surface area contributed by atoms with Gasteiger partial charge in [-0.05, 0) is 49.7 Å². The normalized spacial score (nSPS) is 23.0. The second-order valence-electron chi connectivity index (χ2n) is 8.37. The predicted octanol–water partition coefficient (Wildman–Crippen LogP) is 2.87. The second-order valence-corrected chi connectivity index (χ2v) is 8.37. The maximum Gasteiger partial charge on any atom is 0.325 e. The Hall–Kier alpha value is -2.37. The molecule has 0 aromatic heterocycles. The minimum Gasteiger partial charge on any atom is -0.355 e. The average Bonchev–Trinajstić information content (AvgIpc) is 3.26. The number of imide groups is 1. The van der Waals surface area contributed by atoms with Crippen molar-refractivity contribution in [3.8, 4) is 0 Å². The van der Waals surface area contributed by atoms with E-state index in [0.29, 0.717) is 31.8 Å². The first-order valence-electron chi connectivity index (χ1n) is 10.6. The molecule has 6 heteroatoms. The molecule has 28 heavy (non-hydrogen) atoms. The molecular formula is C22H29N3O3. The summed E-state index contributed by atoms with van der Waals surface area (Å²) in [7, 11) is 0. The number of fused-ring (bicyclic) bond motifs is 1. The van der Waals surface area contributed by atoms with E-state index in [4.69, 9.17) is 0 Å². The number of aryl methyl sites for hydroxylation is 1. The summed E-state index contributed by atoms with van der Waals surface area (Å²) in [6, 6.07) is 8.19. The smallest absolute Gasteiger partial charge is 0.325 e. The van der Waals surface area contributed by atoms with Gasteiger partial charge in [0.05, 0.1) is 0 Å². The van der Waals surface area contributed by atoms with Crippen molar-refractivity contribution in [1.82, 2.24) is 15.5 Å². The molecule has 1 aromatic carbocycles. The maximum absolute atomic E-state index is 12.6. The Balaban J connectivity index is 1.23. The molecule has 1 aromatic rings. The lowest BCUT2D eigenvalue weighted by atomic mass is 9.83. The van der Waals surface area contributed by atoms with E-state index >= 15 is 0 Å². The van der Waals surface area contributed by atoms with Crippen LogP contribution in [0.3, 0.4) is 0 Å². The Labute approximate surface area is 166 Å². The van der Waals surface area contributed by atoms with Crippen molar-refractivity contribution in [1.29, 1.82) is 0 Å². The zero-order chi connectivity index (χ0) is 19.6. The molecule has 2 N–H and O–H groups in total. The van der Waals surface area contributed by atoms with Crippen molar-refractivity contribution in [3.63, 3.8) is 0 Å². The topological polar surface area (TPSA) is 78.5 Å². The molecule has 1 saturated carbocycles. The molecule has 6 nitrogen and oxygen atoms in total. The molecule has 4 rings (SSSR count). The van der Waals surface area contributed by atoms with Gasteiger partial charge in [-0.1, -0.05) is 37.1 Å². The second kappa shape index (κ2) is 7.94. The molecule has 0 radical (unpaired) electrons. The van der Waals surface area contributed by atoms with Crippen LogP contribution in [0.1, 0.15) is 68.4 Å². The molecule has 3 aliphatic rings. The third kappa shape index (κ3) is 3.64. The van der Waals surface area contributed by atoms with Gasteiger partial charge in [-0.3, -0.25) is 14.5 Å². The number of rotatable bonds is 6. The molecule has 150 valence electrons. The highest BCUT2D eigenvalue weighted by Crippen LogP contribution is 2.35. The zero-order valence-corrected chi connectivity index (χ0v) is 16.3. The summed E-state index contributed by atoms with van der Waals surface area (Å²) < 4.78 is 0. The molecular weight excluding hydrogens is 354 g/mol. The number of carbonyl (C=O) groups is 3. The fourth-order valence-electron chi connectivity index (χ4n) is 4.99. The summed E-state index contributed by atoms with van der Waals surface area (Å²) in [6.45, 7) is 0.966. The van der Waals surface area contributed by atoms with Gasteiger partial charge in [0.15, 0.2) is 0 Å². The summed E-state index contributed by atoms with van der Waals surface area (Å²) in [5.41, 5.74) is 2.09. The van der Waals surface area contributed by atoms with E-state index in [-0.39, 0.29) is 17.8 Å². The van der Waals surface area contributed by atoms with Crippen LogP contribution in [0, 0.1) is 0 Å². The molecule has 1 unspecified atom stereocenters. The van der Waals surface area contributed by atoms with Crippen LogP contribution in [-0.2, 0) is 16.0 Å². The average molecular weight is 383 g/mol. The Morgan fingerprint density at radius 1 is 1.18 bits per heavy atom. The van der Waals surface area contributed by atoms with Gasteiger partial charge in [-0.25, -0.2) is 4.79 Å². The summed E-state index contributed by atoms with van der Waals surface area (Å²) in [4.78, 5) is 38.3. The Kier molecular flexibility index (Phi) is 5.38. The van der Waals surface area contributed by atoms with Crippen LogP contribution in [-0.4, -0.2) is 41.4 Å². The Morgan fingerprint density at radius 3 is 2.79 bits per heavy atom. The minimum absolute atomic E-state index is 0.00862. The van der Waals surface area contributed by atoms with Crippen molar-refractivity contribution in [2.75, 3.05) is 13.1 Å². The maximum atomic E-state index is 12.6. The highest BCUT2D eigenvalue weighted by atomic mass is 16.2. The van der Waals surface area contributed by atoms with E-state index in [9.17, 15) is 14.4 Å². The third-order valence-electron chi connectivity index (χ3n) is 6.53. The lowest BCUT2D eigenvalue weighted by Gasteiger charge is -2.25. The number of urea groups is 1. The fraction of sp³-hybridized carbons (Fsp3) is 0.591. The van der Waals surface area contributed by atoms with Crippen molar-refractivity contribution in [3.05, 3.63) is 35.4 Å². The number of nitrogens with one attached hydrogen (secondary N) is 2. The summed E-state index contributed by atoms with van der Waals surface area (Å²) in [5, 5.41) is 5.93. The van der Waals surface area contributed by atoms with E-state index in [1.165, 1.54) is 16.0 Å². The molecule has 2 aliphatic carbocycles. The van der Waals surface area contributed by atoms with E-state index in [0.717, 1.165) is 44.9 Å². The molecule has 1 saturated heterocycles. The predicted molar refractivity (Wildman–Crippen MR) is 106 cm³/mol. The fourth-order valence-corrected chi connectivity index (χ4v) is 4.99. The third-order valence-corrected chi connectivity index (χ3v) is 6.53. The Morgan fingerprint density at radius 2 is 1.96 bits per heavy atom. The van der Waals surface area contributed by atoms with Crippen LogP contribution in [0.25, 0.3) is 0 Å². The largest absolute Gasteiger partial charge is 0.355 e. The quantitative estimate of drug-likeness (QED) is 0.742. The van der Waals surface area contributed by atoms with Crippen molar-refractivity contribution in [2.24, 2.45) is 0 Å². The van der Waals surface area contributed by atoms with Crippen molar-refractivity contribution < 1.29 is 14.4 Å². The highest BCUT2D eigenvalue weighted by molar-refractivity contribution is 6.07. The van der Waals surface area contributed by atoms with Gasteiger partial charge in [-0.2, -0.15) is 0 Å². The SMILES string of the molecule is O=C(CCCN1C(=O)NC2(CCCC2)C1=O)NCC1CCCc2ccccc21. The van der Waals surface area contributed by atoms with Gasteiger partial charge in [0.2, 0.25) is 5.91 Å². The van der Waals surface area contributed by atoms with Gasteiger partial charge >= 0.3 is 6.03 Å². The standard InChI is InChI=1S/C22H29N3O3/c26-19(23-15-17-9-5-8-16-7-1-2-10-18(16)17)11-6-14-25-20(27)22(24-21(25)28)12-3-4-13-22/h1-2,7,10,17H,3-6,8-9,11-15H2,(H,23,26)(H,24,28). The van der Waals surface area contributed by atoms with Crippen LogP contribution >= 0.6 is 0 Å². The van der Waals surface area contributed by atoms with Crippen molar-refractivity contribution in [2.45, 2.75) is 69.2 Å². The lowest BCUT2D eigenvalue weighted by molar-refractivity contribution is -0.131. The Bertz CT molecular complexity index is 770. The lowest BCUT2D eigenvalue weighted by Crippen LogP contribution is -2.44. The number of benzene rings is 1. The first-order chi connectivity index (χ1) is 13.6. The monoisotopic (exact) mass is 383 g/mol. The van der Waals surface area contributed by atoms with Gasteiger partial charge in [0.1, 0.15) is 5.54 Å². The molecule has 1 heterocycles. The number of hydrogen-bond donors (Lipinski definition) is 2. The number of nitrogens with zero attached hydrogens (tertiary/aromatic N) is 1. The number of carbonyl (C=O) groups excluding carboxylic acids is 3. The van der Waals surface area contributed by atoms with E-state index in [1.807, 2.05) is 0 Å². The number of amides is 4. The summed E-state index contributed by atoms with van der Waals surface area (Å²) in [6.07, 6.45) is 7.63. The number of hydrogen-bond acceptors (Lipinski definition) is 3. The van der Waals surface area contributed by atoms with Gasteiger partial charge < -0.3 is 10.6 Å². The van der Waals surface area contributed by atoms with Crippen LogP contribution in [0.4, 0.5) is 4.79 Å². The molecule has 0 bridgehead atoms. The van der Waals surface area contributed by atoms with E-state index in [2.05, 4.69) is 34.9 Å². The van der Waals surface area contributed by atoms with E-state index < -0.39 is 5.54 Å².